The second-order valence-electron chi connectivity index (χ2n) is 4.34. The average Bonchev–Trinajstić information content (AvgIpc) is 2.28. The van der Waals surface area contributed by atoms with Crippen molar-refractivity contribution in [2.45, 2.75) is 17.1 Å². The lowest BCUT2D eigenvalue weighted by atomic mass is 10.0. The van der Waals surface area contributed by atoms with Gasteiger partial charge in [0.25, 0.3) is 0 Å². The number of thioether (sulfide) groups is 1. The lowest BCUT2D eigenvalue weighted by Crippen LogP contribution is -2.49. The van der Waals surface area contributed by atoms with Gasteiger partial charge in [-0.05, 0) is 19.1 Å². The number of hydrogen-bond acceptors (Lipinski definition) is 3. The lowest BCUT2D eigenvalue weighted by molar-refractivity contribution is -0.120. The van der Waals surface area contributed by atoms with Crippen LogP contribution < -0.4 is 10.6 Å². The van der Waals surface area contributed by atoms with E-state index in [9.17, 15) is 4.79 Å². The summed E-state index contributed by atoms with van der Waals surface area (Å²) in [4.78, 5) is 13.0. The molecule has 2 N–H and O–H groups in total. The van der Waals surface area contributed by atoms with Gasteiger partial charge in [0.15, 0.2) is 0 Å². The molecule has 1 atom stereocenters. The topological polar surface area (TPSA) is 41.1 Å². The number of amides is 1. The Balaban J connectivity index is 1.74. The maximum Gasteiger partial charge on any atom is 0.233 e. The Morgan fingerprint density at radius 2 is 2.18 bits per heavy atom. The third kappa shape index (κ3) is 3.75. The van der Waals surface area contributed by atoms with Crippen LogP contribution in [0.2, 0.25) is 0 Å². The summed E-state index contributed by atoms with van der Waals surface area (Å²) in [5, 5.41) is 6.17. The van der Waals surface area contributed by atoms with Gasteiger partial charge < -0.3 is 10.6 Å². The Bertz CT molecular complexity index is 365. The van der Waals surface area contributed by atoms with E-state index in [-0.39, 0.29) is 11.2 Å². The van der Waals surface area contributed by atoms with Crippen molar-refractivity contribution in [3.05, 3.63) is 30.3 Å². The zero-order valence-corrected chi connectivity index (χ0v) is 10.8. The van der Waals surface area contributed by atoms with Crippen molar-refractivity contribution >= 4 is 17.7 Å². The van der Waals surface area contributed by atoms with Gasteiger partial charge in [-0.1, -0.05) is 18.2 Å². The largest absolute Gasteiger partial charge is 0.355 e. The van der Waals surface area contributed by atoms with Gasteiger partial charge in [-0.15, -0.1) is 11.8 Å². The average molecular weight is 250 g/mol. The fourth-order valence-electron chi connectivity index (χ4n) is 1.64. The van der Waals surface area contributed by atoms with E-state index >= 15 is 0 Å². The molecule has 1 heterocycles. The minimum absolute atomic E-state index is 0.0366. The molecule has 0 spiro atoms. The van der Waals surface area contributed by atoms with Crippen LogP contribution in [0.3, 0.4) is 0 Å². The first kappa shape index (κ1) is 12.5. The van der Waals surface area contributed by atoms with Gasteiger partial charge in [-0.2, -0.15) is 0 Å². The van der Waals surface area contributed by atoms with Crippen LogP contribution in [0.1, 0.15) is 6.92 Å². The fourth-order valence-corrected chi connectivity index (χ4v) is 2.55. The molecule has 17 heavy (non-hydrogen) atoms. The monoisotopic (exact) mass is 250 g/mol. The first-order valence-electron chi connectivity index (χ1n) is 5.96. The lowest BCUT2D eigenvalue weighted by Gasteiger charge is -2.27. The molecule has 3 nitrogen and oxygen atoms in total. The highest BCUT2D eigenvalue weighted by Crippen LogP contribution is 2.22. The third-order valence-corrected chi connectivity index (χ3v) is 3.97. The minimum Gasteiger partial charge on any atom is -0.355 e. The Labute approximate surface area is 106 Å². The predicted octanol–water partition coefficient (Wildman–Crippen LogP) is 1.50. The zero-order chi connectivity index (χ0) is 12.1. The molecule has 0 aromatic heterocycles. The van der Waals surface area contributed by atoms with E-state index < -0.39 is 0 Å². The summed E-state index contributed by atoms with van der Waals surface area (Å²) in [6.45, 7) is 4.80. The molecule has 1 aliphatic rings. The van der Waals surface area contributed by atoms with Gasteiger partial charge in [0.2, 0.25) is 5.91 Å². The quantitative estimate of drug-likeness (QED) is 0.778. The summed E-state index contributed by atoms with van der Waals surface area (Å²) in [6, 6.07) is 10.0. The molecule has 2 rings (SSSR count). The smallest absolute Gasteiger partial charge is 0.233 e. The Morgan fingerprint density at radius 3 is 2.76 bits per heavy atom. The summed E-state index contributed by atoms with van der Waals surface area (Å²) < 4.78 is 0. The Hall–Kier alpha value is -1.00. The van der Waals surface area contributed by atoms with Crippen molar-refractivity contribution in [2.75, 3.05) is 19.6 Å². The second kappa shape index (κ2) is 6.07. The first-order chi connectivity index (χ1) is 8.25. The summed E-state index contributed by atoms with van der Waals surface area (Å²) >= 11 is 1.60. The fraction of sp³-hybridized carbons (Fsp3) is 0.462. The molecule has 0 saturated carbocycles. The molecule has 1 aromatic rings. The normalized spacial score (nSPS) is 17.2. The Kier molecular flexibility index (Phi) is 4.45. The second-order valence-corrected chi connectivity index (χ2v) is 5.76. The van der Waals surface area contributed by atoms with Crippen LogP contribution in [0, 0.1) is 5.92 Å². The van der Waals surface area contributed by atoms with Crippen LogP contribution in [0.5, 0.6) is 0 Å². The molecule has 0 aliphatic carbocycles. The van der Waals surface area contributed by atoms with E-state index in [1.165, 1.54) is 0 Å². The Morgan fingerprint density at radius 1 is 1.47 bits per heavy atom. The molecular formula is C13H18N2OS. The summed E-state index contributed by atoms with van der Waals surface area (Å²) in [5.41, 5.74) is 0. The summed E-state index contributed by atoms with van der Waals surface area (Å²) in [7, 11) is 0. The molecule has 0 bridgehead atoms. The summed E-state index contributed by atoms with van der Waals surface area (Å²) in [5.74, 6) is 0.749. The van der Waals surface area contributed by atoms with E-state index in [1.807, 2.05) is 37.3 Å². The highest BCUT2D eigenvalue weighted by Gasteiger charge is 2.19. The van der Waals surface area contributed by atoms with Gasteiger partial charge >= 0.3 is 0 Å². The highest BCUT2D eigenvalue weighted by molar-refractivity contribution is 8.00. The number of carbonyl (C=O) groups excluding carboxylic acids is 1. The molecule has 1 unspecified atom stereocenters. The molecule has 1 fully saturated rings. The molecule has 0 radical (unpaired) electrons. The number of carbonyl (C=O) groups is 1. The molecule has 4 heteroatoms. The van der Waals surface area contributed by atoms with Crippen molar-refractivity contribution in [3.8, 4) is 0 Å². The van der Waals surface area contributed by atoms with Crippen molar-refractivity contribution in [1.82, 2.24) is 10.6 Å². The van der Waals surface area contributed by atoms with Crippen molar-refractivity contribution in [2.24, 2.45) is 5.92 Å². The summed E-state index contributed by atoms with van der Waals surface area (Å²) in [6.07, 6.45) is 0. The standard InChI is InChI=1S/C13H18N2OS/c1-10(17-12-5-3-2-4-6-12)13(16)15-9-11-7-14-8-11/h2-6,10-11,14H,7-9H2,1H3,(H,15,16). The first-order valence-corrected chi connectivity index (χ1v) is 6.84. The maximum atomic E-state index is 11.8. The van der Waals surface area contributed by atoms with E-state index in [1.54, 1.807) is 11.8 Å². The van der Waals surface area contributed by atoms with Gasteiger partial charge in [0, 0.05) is 30.4 Å². The molecule has 1 amide bonds. The van der Waals surface area contributed by atoms with Crippen LogP contribution >= 0.6 is 11.8 Å². The van der Waals surface area contributed by atoms with Crippen molar-refractivity contribution in [3.63, 3.8) is 0 Å². The number of benzene rings is 1. The van der Waals surface area contributed by atoms with Gasteiger partial charge in [0.1, 0.15) is 0 Å². The van der Waals surface area contributed by atoms with Crippen LogP contribution in [-0.2, 0) is 4.79 Å². The van der Waals surface area contributed by atoms with E-state index in [2.05, 4.69) is 10.6 Å². The molecule has 1 aromatic carbocycles. The van der Waals surface area contributed by atoms with Gasteiger partial charge in [-0.25, -0.2) is 0 Å². The van der Waals surface area contributed by atoms with E-state index in [4.69, 9.17) is 0 Å². The van der Waals surface area contributed by atoms with Crippen LogP contribution in [0.15, 0.2) is 35.2 Å². The van der Waals surface area contributed by atoms with Gasteiger partial charge in [0.05, 0.1) is 5.25 Å². The predicted molar refractivity (Wildman–Crippen MR) is 71.1 cm³/mol. The minimum atomic E-state index is -0.0366. The highest BCUT2D eigenvalue weighted by atomic mass is 32.2. The SMILES string of the molecule is CC(Sc1ccccc1)C(=O)NCC1CNC1. The zero-order valence-electron chi connectivity index (χ0n) is 9.98. The number of hydrogen-bond donors (Lipinski definition) is 2. The number of rotatable bonds is 5. The van der Waals surface area contributed by atoms with Crippen LogP contribution in [0.25, 0.3) is 0 Å². The van der Waals surface area contributed by atoms with Crippen LogP contribution in [0.4, 0.5) is 0 Å². The molecule has 1 saturated heterocycles. The number of nitrogens with one attached hydrogen (secondary N) is 2. The van der Waals surface area contributed by atoms with E-state index in [0.717, 1.165) is 24.5 Å². The molecule has 92 valence electrons. The van der Waals surface area contributed by atoms with Gasteiger partial charge in [-0.3, -0.25) is 4.79 Å². The molecular weight excluding hydrogens is 232 g/mol. The van der Waals surface area contributed by atoms with Crippen molar-refractivity contribution in [1.29, 1.82) is 0 Å². The van der Waals surface area contributed by atoms with Crippen LogP contribution in [-0.4, -0.2) is 30.8 Å². The van der Waals surface area contributed by atoms with Crippen molar-refractivity contribution < 1.29 is 4.79 Å². The van der Waals surface area contributed by atoms with E-state index in [0.29, 0.717) is 5.92 Å². The maximum absolute atomic E-state index is 11.8. The molecule has 1 aliphatic heterocycles. The third-order valence-electron chi connectivity index (χ3n) is 2.86.